The van der Waals surface area contributed by atoms with E-state index in [0.29, 0.717) is 17.8 Å². The Bertz CT molecular complexity index is 720. The summed E-state index contributed by atoms with van der Waals surface area (Å²) in [6.45, 7) is 4.34. The number of hydrogen-bond acceptors (Lipinski definition) is 2. The number of rotatable bonds is 1. The van der Waals surface area contributed by atoms with Crippen LogP contribution in [0, 0.1) is 19.7 Å². The standard InChI is InChI=1S/C17H17FN2O/c1-10-5-13(8-14(18)6-10)17(21)20-4-3-12-7-11(2)15(19)9-16(12)20/h5-9H,3-4,19H2,1-2H3. The number of benzene rings is 2. The van der Waals surface area contributed by atoms with Gasteiger partial charge in [0.25, 0.3) is 5.91 Å². The van der Waals surface area contributed by atoms with Crippen molar-refractivity contribution in [1.29, 1.82) is 0 Å². The molecule has 0 saturated carbocycles. The van der Waals surface area contributed by atoms with Gasteiger partial charge in [-0.2, -0.15) is 0 Å². The zero-order chi connectivity index (χ0) is 15.1. The fourth-order valence-corrected chi connectivity index (χ4v) is 2.80. The normalized spacial score (nSPS) is 13.4. The Morgan fingerprint density at radius 3 is 2.67 bits per heavy atom. The van der Waals surface area contributed by atoms with Crippen molar-refractivity contribution in [3.8, 4) is 0 Å². The Labute approximate surface area is 123 Å². The molecule has 0 aromatic heterocycles. The molecule has 3 nitrogen and oxygen atoms in total. The topological polar surface area (TPSA) is 46.3 Å². The lowest BCUT2D eigenvalue weighted by molar-refractivity contribution is 0.0989. The molecule has 0 spiro atoms. The molecule has 2 aromatic carbocycles. The smallest absolute Gasteiger partial charge is 0.258 e. The van der Waals surface area contributed by atoms with Crippen LogP contribution in [0.4, 0.5) is 15.8 Å². The molecule has 0 bridgehead atoms. The van der Waals surface area contributed by atoms with Crippen LogP contribution < -0.4 is 10.6 Å². The molecule has 0 fully saturated rings. The third-order valence-corrected chi connectivity index (χ3v) is 3.90. The van der Waals surface area contributed by atoms with Crippen molar-refractivity contribution in [3.63, 3.8) is 0 Å². The van der Waals surface area contributed by atoms with Gasteiger partial charge in [0.1, 0.15) is 5.82 Å². The first kappa shape index (κ1) is 13.6. The number of nitrogen functional groups attached to an aromatic ring is 1. The zero-order valence-corrected chi connectivity index (χ0v) is 12.1. The maximum Gasteiger partial charge on any atom is 0.258 e. The number of hydrogen-bond donors (Lipinski definition) is 1. The third-order valence-electron chi connectivity index (χ3n) is 3.90. The van der Waals surface area contributed by atoms with Crippen LogP contribution in [0.2, 0.25) is 0 Å². The van der Waals surface area contributed by atoms with Crippen molar-refractivity contribution in [2.24, 2.45) is 0 Å². The van der Waals surface area contributed by atoms with Crippen LogP contribution in [0.25, 0.3) is 0 Å². The minimum atomic E-state index is -0.388. The monoisotopic (exact) mass is 284 g/mol. The number of carbonyl (C=O) groups is 1. The molecule has 0 saturated heterocycles. The molecule has 21 heavy (non-hydrogen) atoms. The van der Waals surface area contributed by atoms with Crippen LogP contribution in [0.3, 0.4) is 0 Å². The lowest BCUT2D eigenvalue weighted by Crippen LogP contribution is -2.29. The Kier molecular flexibility index (Phi) is 3.16. The van der Waals surface area contributed by atoms with Gasteiger partial charge in [-0.25, -0.2) is 4.39 Å². The highest BCUT2D eigenvalue weighted by atomic mass is 19.1. The van der Waals surface area contributed by atoms with Crippen molar-refractivity contribution in [2.45, 2.75) is 20.3 Å². The highest BCUT2D eigenvalue weighted by molar-refractivity contribution is 6.07. The predicted molar refractivity (Wildman–Crippen MR) is 82.1 cm³/mol. The minimum absolute atomic E-state index is 0.181. The Hall–Kier alpha value is -2.36. The maximum atomic E-state index is 13.5. The van der Waals surface area contributed by atoms with Crippen molar-refractivity contribution in [2.75, 3.05) is 17.2 Å². The van der Waals surface area contributed by atoms with E-state index in [2.05, 4.69) is 0 Å². The van der Waals surface area contributed by atoms with Gasteiger partial charge in [0.2, 0.25) is 0 Å². The van der Waals surface area contributed by atoms with Crippen molar-refractivity contribution < 1.29 is 9.18 Å². The Balaban J connectivity index is 2.00. The summed E-state index contributed by atoms with van der Waals surface area (Å²) in [6.07, 6.45) is 0.802. The Morgan fingerprint density at radius 2 is 1.95 bits per heavy atom. The number of aryl methyl sites for hydroxylation is 2. The van der Waals surface area contributed by atoms with Gasteiger partial charge in [0.05, 0.1) is 0 Å². The number of anilines is 2. The second-order valence-corrected chi connectivity index (χ2v) is 5.56. The molecule has 1 amide bonds. The predicted octanol–water partition coefficient (Wildman–Crippen LogP) is 3.23. The molecule has 4 heteroatoms. The molecule has 0 atom stereocenters. The molecule has 2 N–H and O–H groups in total. The Morgan fingerprint density at radius 1 is 1.19 bits per heavy atom. The largest absolute Gasteiger partial charge is 0.398 e. The highest BCUT2D eigenvalue weighted by Crippen LogP contribution is 2.33. The third kappa shape index (κ3) is 2.37. The van der Waals surface area contributed by atoms with Gasteiger partial charge >= 0.3 is 0 Å². The molecular formula is C17H17FN2O. The number of nitrogens with zero attached hydrogens (tertiary/aromatic N) is 1. The lowest BCUT2D eigenvalue weighted by atomic mass is 10.1. The van der Waals surface area contributed by atoms with Gasteiger partial charge in [-0.15, -0.1) is 0 Å². The highest BCUT2D eigenvalue weighted by Gasteiger charge is 2.26. The van der Waals surface area contributed by atoms with Gasteiger partial charge in [-0.05, 0) is 61.2 Å². The van der Waals surface area contributed by atoms with E-state index in [1.807, 2.05) is 19.1 Å². The molecule has 1 heterocycles. The van der Waals surface area contributed by atoms with Gasteiger partial charge in [-0.3, -0.25) is 4.79 Å². The SMILES string of the molecule is Cc1cc(F)cc(C(=O)N2CCc3cc(C)c(N)cc32)c1. The van der Waals surface area contributed by atoms with Crippen LogP contribution in [0.1, 0.15) is 27.0 Å². The molecule has 0 unspecified atom stereocenters. The summed E-state index contributed by atoms with van der Waals surface area (Å²) < 4.78 is 13.5. The summed E-state index contributed by atoms with van der Waals surface area (Å²) in [5.74, 6) is -0.569. The summed E-state index contributed by atoms with van der Waals surface area (Å²) in [5.41, 5.74) is 10.7. The zero-order valence-electron chi connectivity index (χ0n) is 12.1. The first-order valence-electron chi connectivity index (χ1n) is 6.94. The second kappa shape index (κ2) is 4.88. The first-order chi connectivity index (χ1) is 9.95. The van der Waals surface area contributed by atoms with E-state index in [-0.39, 0.29) is 11.7 Å². The number of fused-ring (bicyclic) bond motifs is 1. The van der Waals surface area contributed by atoms with Crippen molar-refractivity contribution in [1.82, 2.24) is 0 Å². The van der Waals surface area contributed by atoms with E-state index in [1.54, 1.807) is 17.9 Å². The molecule has 0 aliphatic carbocycles. The number of halogens is 1. The first-order valence-corrected chi connectivity index (χ1v) is 6.94. The van der Waals surface area contributed by atoms with E-state index in [4.69, 9.17) is 5.73 Å². The number of amides is 1. The molecule has 3 rings (SSSR count). The van der Waals surface area contributed by atoms with E-state index in [9.17, 15) is 9.18 Å². The second-order valence-electron chi connectivity index (χ2n) is 5.56. The maximum absolute atomic E-state index is 13.5. The summed E-state index contributed by atoms with van der Waals surface area (Å²) >= 11 is 0. The number of nitrogens with two attached hydrogens (primary N) is 1. The fourth-order valence-electron chi connectivity index (χ4n) is 2.80. The van der Waals surface area contributed by atoms with Crippen molar-refractivity contribution >= 4 is 17.3 Å². The van der Waals surface area contributed by atoms with Gasteiger partial charge in [0, 0.05) is 23.5 Å². The van der Waals surface area contributed by atoms with Crippen molar-refractivity contribution in [3.05, 3.63) is 58.4 Å². The van der Waals surface area contributed by atoms with E-state index < -0.39 is 0 Å². The van der Waals surface area contributed by atoms with Gasteiger partial charge in [-0.1, -0.05) is 6.07 Å². The number of carbonyl (C=O) groups excluding carboxylic acids is 1. The van der Waals surface area contributed by atoms with Crippen LogP contribution in [-0.4, -0.2) is 12.5 Å². The molecule has 108 valence electrons. The molecule has 0 radical (unpaired) electrons. The van der Waals surface area contributed by atoms with E-state index in [0.717, 1.165) is 28.8 Å². The van der Waals surface area contributed by atoms with Gasteiger partial charge in [0.15, 0.2) is 0 Å². The minimum Gasteiger partial charge on any atom is -0.398 e. The van der Waals surface area contributed by atoms with E-state index in [1.165, 1.54) is 12.1 Å². The summed E-state index contributed by atoms with van der Waals surface area (Å²) in [4.78, 5) is 14.3. The molecule has 1 aliphatic rings. The van der Waals surface area contributed by atoms with Crippen LogP contribution in [0.5, 0.6) is 0 Å². The molecule has 1 aliphatic heterocycles. The summed E-state index contributed by atoms with van der Waals surface area (Å²) in [6, 6.07) is 8.26. The average Bonchev–Trinajstić information content (AvgIpc) is 2.80. The van der Waals surface area contributed by atoms with Gasteiger partial charge < -0.3 is 10.6 Å². The van der Waals surface area contributed by atoms with Crippen LogP contribution in [-0.2, 0) is 6.42 Å². The van der Waals surface area contributed by atoms with E-state index >= 15 is 0 Å². The fraction of sp³-hybridized carbons (Fsp3) is 0.235. The molecular weight excluding hydrogens is 267 g/mol. The van der Waals surface area contributed by atoms with Crippen LogP contribution >= 0.6 is 0 Å². The summed E-state index contributed by atoms with van der Waals surface area (Å²) in [7, 11) is 0. The average molecular weight is 284 g/mol. The van der Waals surface area contributed by atoms with Crippen LogP contribution in [0.15, 0.2) is 30.3 Å². The lowest BCUT2D eigenvalue weighted by Gasteiger charge is -2.18. The summed E-state index contributed by atoms with van der Waals surface area (Å²) in [5, 5.41) is 0. The quantitative estimate of drug-likeness (QED) is 0.817. The molecule has 2 aromatic rings.